The van der Waals surface area contributed by atoms with E-state index in [1.54, 1.807) is 17.3 Å². The Labute approximate surface area is 133 Å². The molecule has 2 rings (SSSR count). The number of hydrogen-bond acceptors (Lipinski definition) is 4. The summed E-state index contributed by atoms with van der Waals surface area (Å²) in [6.07, 6.45) is 3.29. The van der Waals surface area contributed by atoms with Gasteiger partial charge in [-0.25, -0.2) is 0 Å². The van der Waals surface area contributed by atoms with Gasteiger partial charge in [0.05, 0.1) is 16.8 Å². The minimum atomic E-state index is -0.498. The highest BCUT2D eigenvalue weighted by atomic mass is 16.7. The van der Waals surface area contributed by atoms with Crippen molar-refractivity contribution in [2.75, 3.05) is 13.1 Å². The van der Waals surface area contributed by atoms with E-state index in [2.05, 4.69) is 4.98 Å². The van der Waals surface area contributed by atoms with Crippen LogP contribution in [0, 0.1) is 0 Å². The molecule has 0 unspecified atom stereocenters. The minimum Gasteiger partial charge on any atom is -0.399 e. The maximum Gasteiger partial charge on any atom is 0.496 e. The summed E-state index contributed by atoms with van der Waals surface area (Å²) in [5.41, 5.74) is 0.528. The maximum atomic E-state index is 12.4. The lowest BCUT2D eigenvalue weighted by Crippen LogP contribution is -2.41. The number of amides is 1. The molecule has 1 fully saturated rings. The van der Waals surface area contributed by atoms with Crippen molar-refractivity contribution in [1.82, 2.24) is 9.88 Å². The van der Waals surface area contributed by atoms with Crippen LogP contribution in [-0.2, 0) is 9.31 Å². The van der Waals surface area contributed by atoms with E-state index < -0.39 is 18.3 Å². The largest absolute Gasteiger partial charge is 0.496 e. The molecule has 0 aromatic carbocycles. The van der Waals surface area contributed by atoms with E-state index in [0.717, 1.165) is 5.46 Å². The average Bonchev–Trinajstić information content (AvgIpc) is 2.69. The third-order valence-electron chi connectivity index (χ3n) is 4.58. The molecule has 0 saturated carbocycles. The summed E-state index contributed by atoms with van der Waals surface area (Å²) in [7, 11) is -0.498. The maximum absolute atomic E-state index is 12.4. The van der Waals surface area contributed by atoms with Crippen LogP contribution in [0.4, 0.5) is 0 Å². The number of nitrogens with zero attached hydrogens (tertiary/aromatic N) is 2. The van der Waals surface area contributed by atoms with Crippen molar-refractivity contribution in [3.8, 4) is 0 Å². The molecule has 6 heteroatoms. The molecule has 2 heterocycles. The smallest absolute Gasteiger partial charge is 0.399 e. The Bertz CT molecular complexity index is 540. The Morgan fingerprint density at radius 1 is 1.14 bits per heavy atom. The summed E-state index contributed by atoms with van der Waals surface area (Å²) in [5, 5.41) is 0. The fourth-order valence-electron chi connectivity index (χ4n) is 2.38. The van der Waals surface area contributed by atoms with Crippen LogP contribution in [0.15, 0.2) is 18.5 Å². The zero-order valence-corrected chi connectivity index (χ0v) is 14.3. The molecular weight excluding hydrogens is 279 g/mol. The van der Waals surface area contributed by atoms with Crippen molar-refractivity contribution in [2.24, 2.45) is 0 Å². The van der Waals surface area contributed by atoms with Gasteiger partial charge in [0.15, 0.2) is 0 Å². The Morgan fingerprint density at radius 2 is 1.68 bits per heavy atom. The van der Waals surface area contributed by atoms with E-state index >= 15 is 0 Å². The first-order valence-corrected chi connectivity index (χ1v) is 7.81. The second-order valence-electron chi connectivity index (χ2n) is 6.57. The summed E-state index contributed by atoms with van der Waals surface area (Å²) in [6, 6.07) is 1.82. The van der Waals surface area contributed by atoms with Gasteiger partial charge in [-0.2, -0.15) is 0 Å². The molecule has 1 aromatic rings. The molecular formula is C16H25BN2O3. The zero-order valence-electron chi connectivity index (χ0n) is 14.3. The SMILES string of the molecule is CCN(CC)C(=O)c1cncc(B2OC(C)(C)C(C)(C)O2)c1. The molecule has 120 valence electrons. The van der Waals surface area contributed by atoms with Gasteiger partial charge in [-0.1, -0.05) is 0 Å². The molecule has 1 aromatic heterocycles. The highest BCUT2D eigenvalue weighted by Crippen LogP contribution is 2.36. The van der Waals surface area contributed by atoms with E-state index in [1.165, 1.54) is 0 Å². The van der Waals surface area contributed by atoms with Crippen molar-refractivity contribution >= 4 is 18.5 Å². The van der Waals surface area contributed by atoms with Crippen molar-refractivity contribution in [3.63, 3.8) is 0 Å². The van der Waals surface area contributed by atoms with Gasteiger partial charge < -0.3 is 14.2 Å². The summed E-state index contributed by atoms with van der Waals surface area (Å²) in [6.45, 7) is 13.3. The Balaban J connectivity index is 2.25. The van der Waals surface area contributed by atoms with E-state index in [9.17, 15) is 4.79 Å². The molecule has 0 atom stereocenters. The Morgan fingerprint density at radius 3 is 2.18 bits per heavy atom. The van der Waals surface area contributed by atoms with Crippen molar-refractivity contribution in [2.45, 2.75) is 52.7 Å². The predicted octanol–water partition coefficient (Wildman–Crippen LogP) is 1.86. The highest BCUT2D eigenvalue weighted by Gasteiger charge is 2.51. The van der Waals surface area contributed by atoms with Crippen LogP contribution < -0.4 is 5.46 Å². The van der Waals surface area contributed by atoms with Crippen LogP contribution in [0.2, 0.25) is 0 Å². The van der Waals surface area contributed by atoms with Crippen LogP contribution in [0.3, 0.4) is 0 Å². The van der Waals surface area contributed by atoms with Gasteiger partial charge in [-0.3, -0.25) is 9.78 Å². The minimum absolute atomic E-state index is 0.0177. The van der Waals surface area contributed by atoms with E-state index in [-0.39, 0.29) is 5.91 Å². The molecule has 5 nitrogen and oxygen atoms in total. The van der Waals surface area contributed by atoms with Gasteiger partial charge in [-0.05, 0) is 47.6 Å². The van der Waals surface area contributed by atoms with Gasteiger partial charge in [0, 0.05) is 30.9 Å². The van der Waals surface area contributed by atoms with Crippen LogP contribution in [-0.4, -0.2) is 47.2 Å². The molecule has 1 aliphatic rings. The highest BCUT2D eigenvalue weighted by molar-refractivity contribution is 6.62. The fourth-order valence-corrected chi connectivity index (χ4v) is 2.38. The first-order chi connectivity index (χ1) is 10.2. The molecule has 1 amide bonds. The van der Waals surface area contributed by atoms with E-state index in [1.807, 2.05) is 47.6 Å². The summed E-state index contributed by atoms with van der Waals surface area (Å²) in [5.74, 6) is -0.0177. The summed E-state index contributed by atoms with van der Waals surface area (Å²) < 4.78 is 12.0. The van der Waals surface area contributed by atoms with Crippen LogP contribution >= 0.6 is 0 Å². The van der Waals surface area contributed by atoms with Crippen LogP contribution in [0.5, 0.6) is 0 Å². The fraction of sp³-hybridized carbons (Fsp3) is 0.625. The van der Waals surface area contributed by atoms with Crippen molar-refractivity contribution < 1.29 is 14.1 Å². The van der Waals surface area contributed by atoms with Crippen molar-refractivity contribution in [1.29, 1.82) is 0 Å². The topological polar surface area (TPSA) is 51.7 Å². The Hall–Kier alpha value is -1.40. The van der Waals surface area contributed by atoms with E-state index in [0.29, 0.717) is 18.7 Å². The average molecular weight is 304 g/mol. The monoisotopic (exact) mass is 304 g/mol. The predicted molar refractivity (Wildman–Crippen MR) is 87.2 cm³/mol. The van der Waals surface area contributed by atoms with Gasteiger partial charge in [-0.15, -0.1) is 0 Å². The lowest BCUT2D eigenvalue weighted by atomic mass is 9.79. The molecule has 0 radical (unpaired) electrons. The first-order valence-electron chi connectivity index (χ1n) is 7.81. The van der Waals surface area contributed by atoms with Gasteiger partial charge in [0.2, 0.25) is 0 Å². The van der Waals surface area contributed by atoms with Gasteiger partial charge in [0.1, 0.15) is 0 Å². The number of aromatic nitrogens is 1. The third kappa shape index (κ3) is 3.03. The van der Waals surface area contributed by atoms with Crippen LogP contribution in [0.1, 0.15) is 51.9 Å². The second kappa shape index (κ2) is 6.01. The molecule has 0 N–H and O–H groups in total. The first kappa shape index (κ1) is 17.0. The van der Waals surface area contributed by atoms with Crippen LogP contribution in [0.25, 0.3) is 0 Å². The number of carbonyl (C=O) groups is 1. The normalized spacial score (nSPS) is 19.3. The molecule has 0 spiro atoms. The lowest BCUT2D eigenvalue weighted by molar-refractivity contribution is 0.00578. The van der Waals surface area contributed by atoms with E-state index in [4.69, 9.17) is 9.31 Å². The second-order valence-corrected chi connectivity index (χ2v) is 6.57. The van der Waals surface area contributed by atoms with Gasteiger partial charge >= 0.3 is 7.12 Å². The number of hydrogen-bond donors (Lipinski definition) is 0. The number of rotatable bonds is 4. The number of pyridine rings is 1. The zero-order chi connectivity index (χ0) is 16.5. The van der Waals surface area contributed by atoms with Gasteiger partial charge in [0.25, 0.3) is 5.91 Å². The summed E-state index contributed by atoms with van der Waals surface area (Å²) >= 11 is 0. The molecule has 1 saturated heterocycles. The quantitative estimate of drug-likeness (QED) is 0.797. The summed E-state index contributed by atoms with van der Waals surface area (Å²) in [4.78, 5) is 18.4. The molecule has 0 aliphatic carbocycles. The third-order valence-corrected chi connectivity index (χ3v) is 4.58. The lowest BCUT2D eigenvalue weighted by Gasteiger charge is -2.32. The molecule has 1 aliphatic heterocycles. The molecule has 0 bridgehead atoms. The van der Waals surface area contributed by atoms with Crippen molar-refractivity contribution in [3.05, 3.63) is 24.0 Å². The number of carbonyl (C=O) groups excluding carboxylic acids is 1. The molecule has 22 heavy (non-hydrogen) atoms. The Kier molecular flexibility index (Phi) is 4.63. The standard InChI is InChI=1S/C16H25BN2O3/c1-7-19(8-2)14(20)12-9-13(11-18-10-12)17-21-15(3,4)16(5,6)22-17/h9-11H,7-8H2,1-6H3.